The fourth-order valence-corrected chi connectivity index (χ4v) is 1.28. The molecule has 15 heavy (non-hydrogen) atoms. The van der Waals surface area contributed by atoms with Crippen LogP contribution < -0.4 is 0 Å². The van der Waals surface area contributed by atoms with Crippen LogP contribution in [-0.4, -0.2) is 10.2 Å². The molecular weight excluding hydrogens is 217 g/mol. The van der Waals surface area contributed by atoms with Crippen molar-refractivity contribution in [3.05, 3.63) is 30.1 Å². The Balaban J connectivity index is 2.30. The molecule has 4 nitrogen and oxygen atoms in total. The molecule has 0 spiro atoms. The van der Waals surface area contributed by atoms with Crippen molar-refractivity contribution < 1.29 is 8.81 Å². The number of thiocyanates is 1. The molecule has 1 aromatic carbocycles. The molecule has 0 bridgehead atoms. The molecule has 2 rings (SSSR count). The van der Waals surface area contributed by atoms with Crippen LogP contribution in [0.15, 0.2) is 33.9 Å². The Hall–Kier alpha value is -1.87. The van der Waals surface area contributed by atoms with Crippen molar-refractivity contribution in [2.75, 3.05) is 0 Å². The molecule has 0 saturated carbocycles. The second-order valence-electron chi connectivity index (χ2n) is 2.57. The Bertz CT molecular complexity index is 503. The van der Waals surface area contributed by atoms with Gasteiger partial charge in [-0.1, -0.05) is 5.10 Å². The van der Waals surface area contributed by atoms with Crippen molar-refractivity contribution >= 4 is 11.8 Å². The molecule has 0 N–H and O–H groups in total. The van der Waals surface area contributed by atoms with Crippen molar-refractivity contribution in [3.63, 3.8) is 0 Å². The SMILES string of the molecule is N#CSc1nnc(-c2ccc(F)cc2)o1. The molecule has 1 aromatic heterocycles. The average Bonchev–Trinajstić information content (AvgIpc) is 2.68. The predicted molar refractivity (Wildman–Crippen MR) is 51.2 cm³/mol. The van der Waals surface area contributed by atoms with Gasteiger partial charge in [-0.15, -0.1) is 5.10 Å². The number of benzene rings is 1. The van der Waals surface area contributed by atoms with E-state index in [1.807, 2.05) is 5.40 Å². The lowest BCUT2D eigenvalue weighted by molar-refractivity contribution is 0.467. The second kappa shape index (κ2) is 4.11. The molecule has 0 aliphatic rings. The molecule has 0 aliphatic carbocycles. The van der Waals surface area contributed by atoms with Crippen LogP contribution in [0.5, 0.6) is 0 Å². The summed E-state index contributed by atoms with van der Waals surface area (Å²) in [5.41, 5.74) is 0.619. The number of halogens is 1. The summed E-state index contributed by atoms with van der Waals surface area (Å²) in [6.07, 6.45) is 0. The lowest BCUT2D eigenvalue weighted by Gasteiger charge is -1.92. The topological polar surface area (TPSA) is 62.7 Å². The minimum absolute atomic E-state index is 0.178. The summed E-state index contributed by atoms with van der Waals surface area (Å²) in [6.45, 7) is 0. The van der Waals surface area contributed by atoms with E-state index in [-0.39, 0.29) is 16.9 Å². The molecule has 1 heterocycles. The quantitative estimate of drug-likeness (QED) is 0.575. The van der Waals surface area contributed by atoms with Gasteiger partial charge in [-0.05, 0) is 24.3 Å². The van der Waals surface area contributed by atoms with Gasteiger partial charge in [-0.2, -0.15) is 5.26 Å². The van der Waals surface area contributed by atoms with Crippen LogP contribution in [0.2, 0.25) is 0 Å². The van der Waals surface area contributed by atoms with Crippen LogP contribution in [0, 0.1) is 16.5 Å². The number of hydrogen-bond acceptors (Lipinski definition) is 5. The van der Waals surface area contributed by atoms with Gasteiger partial charge in [0.2, 0.25) is 5.89 Å². The first-order chi connectivity index (χ1) is 7.29. The highest BCUT2D eigenvalue weighted by Crippen LogP contribution is 2.22. The van der Waals surface area contributed by atoms with Gasteiger partial charge in [0.1, 0.15) is 11.2 Å². The summed E-state index contributed by atoms with van der Waals surface area (Å²) < 4.78 is 17.8. The number of hydrogen-bond donors (Lipinski definition) is 0. The van der Waals surface area contributed by atoms with Gasteiger partial charge in [-0.3, -0.25) is 0 Å². The molecule has 6 heteroatoms. The maximum atomic E-state index is 12.6. The van der Waals surface area contributed by atoms with Gasteiger partial charge < -0.3 is 4.42 Å². The highest BCUT2D eigenvalue weighted by atomic mass is 32.2. The van der Waals surface area contributed by atoms with E-state index in [9.17, 15) is 4.39 Å². The summed E-state index contributed by atoms with van der Waals surface area (Å²) in [5.74, 6) is -0.0577. The van der Waals surface area contributed by atoms with Crippen LogP contribution in [0.3, 0.4) is 0 Å². The monoisotopic (exact) mass is 221 g/mol. The van der Waals surface area contributed by atoms with Gasteiger partial charge in [-0.25, -0.2) is 4.39 Å². The maximum Gasteiger partial charge on any atom is 0.291 e. The van der Waals surface area contributed by atoms with Gasteiger partial charge in [0.25, 0.3) is 5.22 Å². The molecule has 0 saturated heterocycles. The summed E-state index contributed by atoms with van der Waals surface area (Å²) >= 11 is 0.785. The number of rotatable bonds is 2. The van der Waals surface area contributed by atoms with Gasteiger partial charge in [0.15, 0.2) is 0 Å². The molecule has 0 aliphatic heterocycles. The molecule has 0 fully saturated rings. The highest BCUT2D eigenvalue weighted by molar-refractivity contribution is 8.03. The smallest absolute Gasteiger partial charge is 0.291 e. The first kappa shape index (κ1) is 9.68. The lowest BCUT2D eigenvalue weighted by atomic mass is 10.2. The van der Waals surface area contributed by atoms with Crippen molar-refractivity contribution in [2.45, 2.75) is 5.22 Å². The van der Waals surface area contributed by atoms with E-state index in [4.69, 9.17) is 9.68 Å². The van der Waals surface area contributed by atoms with Gasteiger partial charge >= 0.3 is 0 Å². The van der Waals surface area contributed by atoms with E-state index in [1.165, 1.54) is 24.3 Å². The zero-order valence-corrected chi connectivity index (χ0v) is 8.16. The molecular formula is C9H4FN3OS. The summed E-state index contributed by atoms with van der Waals surface area (Å²) in [6, 6.07) is 5.67. The summed E-state index contributed by atoms with van der Waals surface area (Å²) in [7, 11) is 0. The van der Waals surface area contributed by atoms with Crippen molar-refractivity contribution in [3.8, 4) is 16.9 Å². The third kappa shape index (κ3) is 2.14. The van der Waals surface area contributed by atoms with E-state index in [0.717, 1.165) is 11.8 Å². The number of aromatic nitrogens is 2. The third-order valence-corrected chi connectivity index (χ3v) is 2.06. The van der Waals surface area contributed by atoms with E-state index in [0.29, 0.717) is 5.56 Å². The van der Waals surface area contributed by atoms with Crippen LogP contribution in [0.4, 0.5) is 4.39 Å². The van der Waals surface area contributed by atoms with Crippen molar-refractivity contribution in [1.29, 1.82) is 5.26 Å². The Kier molecular flexibility index (Phi) is 2.65. The number of thioether (sulfide) groups is 1. The van der Waals surface area contributed by atoms with E-state index in [1.54, 1.807) is 0 Å². The fraction of sp³-hybridized carbons (Fsp3) is 0. The zero-order chi connectivity index (χ0) is 10.7. The molecule has 2 aromatic rings. The maximum absolute atomic E-state index is 12.6. The van der Waals surface area contributed by atoms with E-state index < -0.39 is 0 Å². The highest BCUT2D eigenvalue weighted by Gasteiger charge is 2.08. The third-order valence-electron chi connectivity index (χ3n) is 1.63. The van der Waals surface area contributed by atoms with E-state index in [2.05, 4.69) is 10.2 Å². The molecule has 0 radical (unpaired) electrons. The zero-order valence-electron chi connectivity index (χ0n) is 7.35. The van der Waals surface area contributed by atoms with Gasteiger partial charge in [0, 0.05) is 5.56 Å². The Morgan fingerprint density at radius 2 is 2.00 bits per heavy atom. The number of nitriles is 1. The fourth-order valence-electron chi connectivity index (χ4n) is 0.999. The molecule has 0 atom stereocenters. The van der Waals surface area contributed by atoms with Crippen LogP contribution in [0.1, 0.15) is 0 Å². The largest absolute Gasteiger partial charge is 0.411 e. The van der Waals surface area contributed by atoms with Gasteiger partial charge in [0.05, 0.1) is 11.8 Å². The number of nitrogens with zero attached hydrogens (tertiary/aromatic N) is 3. The van der Waals surface area contributed by atoms with Crippen LogP contribution >= 0.6 is 11.8 Å². The first-order valence-electron chi connectivity index (χ1n) is 3.95. The average molecular weight is 221 g/mol. The first-order valence-corrected chi connectivity index (χ1v) is 4.76. The molecule has 0 unspecified atom stereocenters. The van der Waals surface area contributed by atoms with Crippen LogP contribution in [0.25, 0.3) is 11.5 Å². The summed E-state index contributed by atoms with van der Waals surface area (Å²) in [4.78, 5) is 0. The van der Waals surface area contributed by atoms with Crippen molar-refractivity contribution in [2.24, 2.45) is 0 Å². The van der Waals surface area contributed by atoms with Crippen molar-refractivity contribution in [1.82, 2.24) is 10.2 Å². The Labute approximate surface area is 88.7 Å². The Morgan fingerprint density at radius 3 is 2.67 bits per heavy atom. The minimum atomic E-state index is -0.329. The molecule has 74 valence electrons. The normalized spacial score (nSPS) is 9.87. The minimum Gasteiger partial charge on any atom is -0.411 e. The molecule has 0 amide bonds. The standard InChI is InChI=1S/C9H4FN3OS/c10-7-3-1-6(2-4-7)8-12-13-9(14-8)15-5-11/h1-4H. The lowest BCUT2D eigenvalue weighted by Crippen LogP contribution is -1.78. The van der Waals surface area contributed by atoms with E-state index >= 15 is 0 Å². The summed E-state index contributed by atoms with van der Waals surface area (Å²) in [5, 5.41) is 17.7. The Morgan fingerprint density at radius 1 is 1.27 bits per heavy atom. The predicted octanol–water partition coefficient (Wildman–Crippen LogP) is 2.45. The second-order valence-corrected chi connectivity index (χ2v) is 3.31. The van der Waals surface area contributed by atoms with Crippen LogP contribution in [-0.2, 0) is 0 Å².